The van der Waals surface area contributed by atoms with Crippen molar-refractivity contribution < 1.29 is 9.53 Å². The first-order chi connectivity index (χ1) is 16.3. The van der Waals surface area contributed by atoms with E-state index < -0.39 is 6.04 Å². The molecule has 172 valence electrons. The van der Waals surface area contributed by atoms with Gasteiger partial charge < -0.3 is 9.30 Å². The van der Waals surface area contributed by atoms with Gasteiger partial charge in [0.2, 0.25) is 5.88 Å². The topological polar surface area (TPSA) is 82.2 Å². The van der Waals surface area contributed by atoms with Crippen LogP contribution in [-0.4, -0.2) is 32.3 Å². The molecule has 3 aromatic heterocycles. The standard InChI is InChI=1S/C24H19Cl2N5O3/c1-13-19-21(31(28-13)18-5-4-10-27-22(18)34-3)20(14-6-8-15(25)9-7-14)30(24(19)33)16-11-17(26)23(32)29(2)12-16/h4-12,20H,1-3H3. The molecule has 1 aliphatic rings. The maximum Gasteiger partial charge on any atom is 0.269 e. The molecule has 10 heteroatoms. The maximum atomic E-state index is 13.8. The molecule has 0 saturated carbocycles. The molecule has 5 rings (SSSR count). The Hall–Kier alpha value is -3.62. The van der Waals surface area contributed by atoms with Gasteiger partial charge in [-0.3, -0.25) is 14.5 Å². The second-order valence-electron chi connectivity index (χ2n) is 7.88. The minimum atomic E-state index is -0.570. The monoisotopic (exact) mass is 495 g/mol. The van der Waals surface area contributed by atoms with Crippen LogP contribution in [0.2, 0.25) is 10.0 Å². The third-order valence-electron chi connectivity index (χ3n) is 5.81. The summed E-state index contributed by atoms with van der Waals surface area (Å²) in [4.78, 5) is 32.0. The summed E-state index contributed by atoms with van der Waals surface area (Å²) in [6.07, 6.45) is 3.22. The Morgan fingerprint density at radius 1 is 1.09 bits per heavy atom. The molecule has 4 heterocycles. The molecular weight excluding hydrogens is 477 g/mol. The first kappa shape index (κ1) is 22.2. The molecule has 8 nitrogen and oxygen atoms in total. The number of anilines is 1. The number of fused-ring (bicyclic) bond motifs is 1. The fourth-order valence-corrected chi connectivity index (χ4v) is 4.68. The van der Waals surface area contributed by atoms with Gasteiger partial charge in [0.05, 0.1) is 29.7 Å². The highest BCUT2D eigenvalue weighted by atomic mass is 35.5. The Bertz CT molecular complexity index is 1470. The van der Waals surface area contributed by atoms with Crippen LogP contribution in [0.15, 0.2) is 59.7 Å². The number of nitrogens with zero attached hydrogens (tertiary/aromatic N) is 5. The van der Waals surface area contributed by atoms with E-state index in [0.717, 1.165) is 5.56 Å². The van der Waals surface area contributed by atoms with E-state index in [0.29, 0.717) is 39.2 Å². The fourth-order valence-electron chi connectivity index (χ4n) is 4.31. The number of ether oxygens (including phenoxy) is 1. The Labute approximate surface area is 204 Å². The lowest BCUT2D eigenvalue weighted by Crippen LogP contribution is -2.31. The van der Waals surface area contributed by atoms with Gasteiger partial charge >= 0.3 is 0 Å². The molecule has 0 saturated heterocycles. The average molecular weight is 496 g/mol. The van der Waals surface area contributed by atoms with Gasteiger partial charge in [-0.15, -0.1) is 0 Å². The first-order valence-electron chi connectivity index (χ1n) is 10.4. The Kier molecular flexibility index (Phi) is 5.42. The summed E-state index contributed by atoms with van der Waals surface area (Å²) in [7, 11) is 3.12. The van der Waals surface area contributed by atoms with E-state index >= 15 is 0 Å². The van der Waals surface area contributed by atoms with Crippen molar-refractivity contribution in [3.63, 3.8) is 0 Å². The number of carbonyl (C=O) groups excluding carboxylic acids is 1. The SMILES string of the molecule is COc1ncccc1-n1nc(C)c2c1C(c1ccc(Cl)cc1)N(c1cc(Cl)c(=O)n(C)c1)C2=O. The number of pyridine rings is 2. The third-order valence-corrected chi connectivity index (χ3v) is 6.33. The van der Waals surface area contributed by atoms with E-state index in [9.17, 15) is 9.59 Å². The highest BCUT2D eigenvalue weighted by Gasteiger charge is 2.44. The largest absolute Gasteiger partial charge is 0.479 e. The van der Waals surface area contributed by atoms with Crippen LogP contribution in [0.25, 0.3) is 5.69 Å². The first-order valence-corrected chi connectivity index (χ1v) is 11.1. The number of aryl methyl sites for hydroxylation is 2. The van der Waals surface area contributed by atoms with Crippen LogP contribution >= 0.6 is 23.2 Å². The number of aromatic nitrogens is 4. The predicted molar refractivity (Wildman–Crippen MR) is 129 cm³/mol. The predicted octanol–water partition coefficient (Wildman–Crippen LogP) is 4.34. The van der Waals surface area contributed by atoms with Gasteiger partial charge in [0.1, 0.15) is 16.8 Å². The zero-order valence-corrected chi connectivity index (χ0v) is 20.0. The minimum Gasteiger partial charge on any atom is -0.479 e. The summed E-state index contributed by atoms with van der Waals surface area (Å²) in [5.74, 6) is 0.120. The molecule has 0 aliphatic carbocycles. The van der Waals surface area contributed by atoms with E-state index in [1.165, 1.54) is 17.7 Å². The van der Waals surface area contributed by atoms with Gasteiger partial charge in [-0.1, -0.05) is 35.3 Å². The van der Waals surface area contributed by atoms with Crippen molar-refractivity contribution >= 4 is 34.8 Å². The van der Waals surface area contributed by atoms with E-state index in [1.807, 2.05) is 18.2 Å². The van der Waals surface area contributed by atoms with Crippen molar-refractivity contribution in [2.75, 3.05) is 12.0 Å². The van der Waals surface area contributed by atoms with Crippen molar-refractivity contribution in [3.8, 4) is 11.6 Å². The van der Waals surface area contributed by atoms with Crippen LogP contribution < -0.4 is 15.2 Å². The number of carbonyl (C=O) groups is 1. The van der Waals surface area contributed by atoms with Gasteiger partial charge in [-0.2, -0.15) is 5.10 Å². The zero-order chi connectivity index (χ0) is 24.1. The second kappa shape index (κ2) is 8.30. The van der Waals surface area contributed by atoms with Gasteiger partial charge in [-0.25, -0.2) is 9.67 Å². The third kappa shape index (κ3) is 3.38. The minimum absolute atomic E-state index is 0.0193. The Balaban J connectivity index is 1.80. The molecule has 4 aromatic rings. The molecule has 0 radical (unpaired) electrons. The maximum absolute atomic E-state index is 13.8. The molecule has 0 fully saturated rings. The van der Waals surface area contributed by atoms with Crippen LogP contribution in [0, 0.1) is 6.92 Å². The summed E-state index contributed by atoms with van der Waals surface area (Å²) in [5, 5.41) is 5.27. The lowest BCUT2D eigenvalue weighted by atomic mass is 10.0. The molecule has 0 N–H and O–H groups in total. The van der Waals surface area contributed by atoms with Crippen molar-refractivity contribution in [2.24, 2.45) is 7.05 Å². The lowest BCUT2D eigenvalue weighted by molar-refractivity contribution is 0.0992. The summed E-state index contributed by atoms with van der Waals surface area (Å²) < 4.78 is 8.51. The van der Waals surface area contributed by atoms with Crippen LogP contribution in [0.5, 0.6) is 5.88 Å². The number of benzene rings is 1. The van der Waals surface area contributed by atoms with Crippen molar-refractivity contribution in [1.29, 1.82) is 0 Å². The lowest BCUT2D eigenvalue weighted by Gasteiger charge is -2.27. The number of rotatable bonds is 4. The summed E-state index contributed by atoms with van der Waals surface area (Å²) >= 11 is 12.4. The smallest absolute Gasteiger partial charge is 0.269 e. The van der Waals surface area contributed by atoms with Crippen LogP contribution in [0.1, 0.15) is 33.4 Å². The number of halogens is 2. The quantitative estimate of drug-likeness (QED) is 0.420. The number of methoxy groups -OCH3 is 1. The van der Waals surface area contributed by atoms with Crippen LogP contribution in [0.4, 0.5) is 5.69 Å². The van der Waals surface area contributed by atoms with Crippen molar-refractivity contribution in [3.05, 3.63) is 97.8 Å². The molecule has 1 unspecified atom stereocenters. The van der Waals surface area contributed by atoms with E-state index in [2.05, 4.69) is 10.1 Å². The highest BCUT2D eigenvalue weighted by Crippen LogP contribution is 2.44. The number of amides is 1. The Morgan fingerprint density at radius 3 is 2.50 bits per heavy atom. The normalized spacial score (nSPS) is 15.0. The molecule has 1 amide bonds. The van der Waals surface area contributed by atoms with Crippen molar-refractivity contribution in [2.45, 2.75) is 13.0 Å². The second-order valence-corrected chi connectivity index (χ2v) is 8.72. The van der Waals surface area contributed by atoms with Gasteiger partial charge in [0.15, 0.2) is 0 Å². The van der Waals surface area contributed by atoms with E-state index in [-0.39, 0.29) is 16.5 Å². The molecule has 1 atom stereocenters. The fraction of sp³-hybridized carbons (Fsp3) is 0.167. The summed E-state index contributed by atoms with van der Waals surface area (Å²) in [6, 6.07) is 11.8. The Morgan fingerprint density at radius 2 is 1.82 bits per heavy atom. The van der Waals surface area contributed by atoms with Gasteiger partial charge in [0, 0.05) is 24.5 Å². The summed E-state index contributed by atoms with van der Waals surface area (Å²) in [6.45, 7) is 1.78. The van der Waals surface area contributed by atoms with E-state index in [1.54, 1.807) is 54.1 Å². The van der Waals surface area contributed by atoms with Crippen LogP contribution in [0.3, 0.4) is 0 Å². The zero-order valence-electron chi connectivity index (χ0n) is 18.5. The molecule has 0 bridgehead atoms. The van der Waals surface area contributed by atoms with Crippen molar-refractivity contribution in [1.82, 2.24) is 19.3 Å². The van der Waals surface area contributed by atoms with E-state index in [4.69, 9.17) is 27.9 Å². The number of hydrogen-bond donors (Lipinski definition) is 0. The molecule has 1 aliphatic heterocycles. The van der Waals surface area contributed by atoms with Gasteiger partial charge in [-0.05, 0) is 42.8 Å². The average Bonchev–Trinajstić information content (AvgIpc) is 3.32. The number of hydrogen-bond acceptors (Lipinski definition) is 5. The van der Waals surface area contributed by atoms with Gasteiger partial charge in [0.25, 0.3) is 11.5 Å². The molecule has 1 aromatic carbocycles. The highest BCUT2D eigenvalue weighted by molar-refractivity contribution is 6.31. The van der Waals surface area contributed by atoms with Crippen LogP contribution in [-0.2, 0) is 7.05 Å². The molecule has 0 spiro atoms. The molecule has 34 heavy (non-hydrogen) atoms. The summed E-state index contributed by atoms with van der Waals surface area (Å²) in [5.41, 5.74) is 3.23. The molecular formula is C24H19Cl2N5O3.